The van der Waals surface area contributed by atoms with E-state index in [1.165, 1.54) is 5.56 Å². The molecule has 0 spiro atoms. The number of piperazine rings is 1. The Balaban J connectivity index is 1.47. The summed E-state index contributed by atoms with van der Waals surface area (Å²) in [6, 6.07) is 20.7. The Hall–Kier alpha value is -2.10. The van der Waals surface area contributed by atoms with Crippen molar-refractivity contribution in [3.05, 3.63) is 76.8 Å². The van der Waals surface area contributed by atoms with Gasteiger partial charge in [0.2, 0.25) is 0 Å². The number of hydrazone groups is 1. The molecule has 0 aromatic heterocycles. The molecular weight excluding hydrogens is 318 g/mol. The predicted molar refractivity (Wildman–Crippen MR) is 102 cm³/mol. The van der Waals surface area contributed by atoms with E-state index in [4.69, 9.17) is 11.6 Å². The van der Waals surface area contributed by atoms with Crippen molar-refractivity contribution in [3.63, 3.8) is 0 Å². The van der Waals surface area contributed by atoms with Crippen molar-refractivity contribution >= 4 is 23.9 Å². The summed E-state index contributed by atoms with van der Waals surface area (Å²) in [7, 11) is 0. The first kappa shape index (κ1) is 16.7. The maximum absolute atomic E-state index is 6.25. The second-order valence-electron chi connectivity index (χ2n) is 5.90. The largest absolute Gasteiger partial charge is 0.295 e. The lowest BCUT2D eigenvalue weighted by Gasteiger charge is -2.33. The minimum atomic E-state index is 0.646. The van der Waals surface area contributed by atoms with Crippen LogP contribution in [-0.4, -0.2) is 42.3 Å². The second-order valence-corrected chi connectivity index (χ2v) is 6.34. The van der Waals surface area contributed by atoms with Gasteiger partial charge in [0.05, 0.1) is 11.2 Å². The van der Waals surface area contributed by atoms with Gasteiger partial charge in [0, 0.05) is 32.7 Å². The molecule has 4 heteroatoms. The molecule has 0 bridgehead atoms. The average molecular weight is 340 g/mol. The molecule has 0 radical (unpaired) electrons. The Morgan fingerprint density at radius 2 is 1.54 bits per heavy atom. The number of allylic oxidation sites excluding steroid dienone is 1. The molecule has 1 fully saturated rings. The first-order valence-corrected chi connectivity index (χ1v) is 8.65. The molecular formula is C20H22ClN3. The van der Waals surface area contributed by atoms with Crippen LogP contribution in [0.4, 0.5) is 0 Å². The zero-order valence-corrected chi connectivity index (χ0v) is 14.4. The quantitative estimate of drug-likeness (QED) is 0.765. The first-order chi connectivity index (χ1) is 11.8. The van der Waals surface area contributed by atoms with Gasteiger partial charge in [0.1, 0.15) is 0 Å². The van der Waals surface area contributed by atoms with Crippen molar-refractivity contribution in [1.29, 1.82) is 0 Å². The molecule has 2 aromatic carbocycles. The van der Waals surface area contributed by atoms with Gasteiger partial charge in [0.25, 0.3) is 0 Å². The molecule has 3 nitrogen and oxygen atoms in total. The lowest BCUT2D eigenvalue weighted by atomic mass is 10.2. The van der Waals surface area contributed by atoms with E-state index in [9.17, 15) is 0 Å². The van der Waals surface area contributed by atoms with Crippen LogP contribution in [0.2, 0.25) is 0 Å². The third-order valence-corrected chi connectivity index (χ3v) is 4.25. The molecule has 0 unspecified atom stereocenters. The zero-order valence-electron chi connectivity index (χ0n) is 13.7. The van der Waals surface area contributed by atoms with Gasteiger partial charge in [-0.1, -0.05) is 72.3 Å². The fourth-order valence-corrected chi connectivity index (χ4v) is 2.90. The van der Waals surface area contributed by atoms with E-state index < -0.39 is 0 Å². The highest BCUT2D eigenvalue weighted by Gasteiger charge is 2.15. The van der Waals surface area contributed by atoms with Gasteiger partial charge in [-0.2, -0.15) is 5.10 Å². The minimum absolute atomic E-state index is 0.646. The summed E-state index contributed by atoms with van der Waals surface area (Å²) in [4.78, 5) is 2.46. The van der Waals surface area contributed by atoms with Crippen LogP contribution in [0.5, 0.6) is 0 Å². The molecule has 1 aliphatic heterocycles. The summed E-state index contributed by atoms with van der Waals surface area (Å²) in [5.41, 5.74) is 2.45. The average Bonchev–Trinajstić information content (AvgIpc) is 2.63. The summed E-state index contributed by atoms with van der Waals surface area (Å²) >= 11 is 6.25. The molecule has 3 rings (SSSR count). The van der Waals surface area contributed by atoms with Crippen molar-refractivity contribution in [2.45, 2.75) is 6.54 Å². The number of hydrogen-bond donors (Lipinski definition) is 0. The van der Waals surface area contributed by atoms with Crippen molar-refractivity contribution < 1.29 is 0 Å². The van der Waals surface area contributed by atoms with Gasteiger partial charge in [-0.15, -0.1) is 0 Å². The lowest BCUT2D eigenvalue weighted by molar-refractivity contribution is 0.131. The van der Waals surface area contributed by atoms with Crippen molar-refractivity contribution in [3.8, 4) is 0 Å². The number of halogens is 1. The van der Waals surface area contributed by atoms with Gasteiger partial charge >= 0.3 is 0 Å². The Morgan fingerprint density at radius 1 is 0.917 bits per heavy atom. The molecule has 0 atom stereocenters. The van der Waals surface area contributed by atoms with Crippen LogP contribution < -0.4 is 0 Å². The summed E-state index contributed by atoms with van der Waals surface area (Å²) in [6.45, 7) is 4.91. The third kappa shape index (κ3) is 5.22. The van der Waals surface area contributed by atoms with E-state index in [1.807, 2.05) is 36.4 Å². The summed E-state index contributed by atoms with van der Waals surface area (Å²) in [5, 5.41) is 7.23. The third-order valence-electron chi connectivity index (χ3n) is 4.05. The molecule has 1 heterocycles. The Morgan fingerprint density at radius 3 is 2.21 bits per heavy atom. The Kier molecular flexibility index (Phi) is 6.05. The maximum Gasteiger partial charge on any atom is 0.0657 e. The fourth-order valence-electron chi connectivity index (χ4n) is 2.74. The van der Waals surface area contributed by atoms with Gasteiger partial charge < -0.3 is 0 Å². The van der Waals surface area contributed by atoms with E-state index >= 15 is 0 Å². The first-order valence-electron chi connectivity index (χ1n) is 8.27. The van der Waals surface area contributed by atoms with Crippen LogP contribution in [-0.2, 0) is 6.54 Å². The highest BCUT2D eigenvalue weighted by atomic mass is 35.5. The molecule has 2 aromatic rings. The summed E-state index contributed by atoms with van der Waals surface area (Å²) in [5.74, 6) is 0. The van der Waals surface area contributed by atoms with Gasteiger partial charge in [-0.05, 0) is 17.2 Å². The van der Waals surface area contributed by atoms with Crippen LogP contribution in [0.25, 0.3) is 6.08 Å². The number of nitrogens with zero attached hydrogens (tertiary/aromatic N) is 3. The van der Waals surface area contributed by atoms with Crippen LogP contribution in [0.15, 0.2) is 70.8 Å². The number of rotatable bonds is 5. The zero-order chi connectivity index (χ0) is 16.6. The van der Waals surface area contributed by atoms with Crippen molar-refractivity contribution in [2.75, 3.05) is 26.2 Å². The minimum Gasteiger partial charge on any atom is -0.295 e. The molecule has 124 valence electrons. The van der Waals surface area contributed by atoms with E-state index in [-0.39, 0.29) is 0 Å². The summed E-state index contributed by atoms with van der Waals surface area (Å²) in [6.07, 6.45) is 3.66. The monoisotopic (exact) mass is 339 g/mol. The van der Waals surface area contributed by atoms with Crippen molar-refractivity contribution in [1.82, 2.24) is 9.91 Å². The molecule has 1 aliphatic rings. The SMILES string of the molecule is ClC(=C\c1ccccc1)/C=N/N1CCN(Cc2ccccc2)CC1. The molecule has 0 saturated carbocycles. The van der Waals surface area contributed by atoms with E-state index in [1.54, 1.807) is 6.21 Å². The Labute approximate surface area is 148 Å². The molecule has 0 aliphatic carbocycles. The highest BCUT2D eigenvalue weighted by molar-refractivity contribution is 6.41. The van der Waals surface area contributed by atoms with Gasteiger partial charge in [-0.3, -0.25) is 9.91 Å². The van der Waals surface area contributed by atoms with E-state index in [0.29, 0.717) is 5.03 Å². The fraction of sp³-hybridized carbons (Fsp3) is 0.250. The van der Waals surface area contributed by atoms with Crippen LogP contribution in [0.1, 0.15) is 11.1 Å². The van der Waals surface area contributed by atoms with Gasteiger partial charge in [0.15, 0.2) is 0 Å². The maximum atomic E-state index is 6.25. The molecule has 24 heavy (non-hydrogen) atoms. The van der Waals surface area contributed by atoms with Crippen LogP contribution in [0, 0.1) is 0 Å². The Bertz CT molecular complexity index is 675. The van der Waals surface area contributed by atoms with Crippen LogP contribution >= 0.6 is 11.6 Å². The van der Waals surface area contributed by atoms with E-state index in [2.05, 4.69) is 45.3 Å². The predicted octanol–water partition coefficient (Wildman–Crippen LogP) is 4.07. The highest BCUT2D eigenvalue weighted by Crippen LogP contribution is 2.11. The summed E-state index contributed by atoms with van der Waals surface area (Å²) < 4.78 is 0. The second kappa shape index (κ2) is 8.67. The molecule has 1 saturated heterocycles. The van der Waals surface area contributed by atoms with Gasteiger partial charge in [-0.25, -0.2) is 0 Å². The topological polar surface area (TPSA) is 18.8 Å². The smallest absolute Gasteiger partial charge is 0.0657 e. The van der Waals surface area contributed by atoms with E-state index in [0.717, 1.165) is 38.3 Å². The normalized spacial score (nSPS) is 16.7. The lowest BCUT2D eigenvalue weighted by Crippen LogP contribution is -2.43. The molecule has 0 amide bonds. The van der Waals surface area contributed by atoms with Crippen LogP contribution in [0.3, 0.4) is 0 Å². The standard InChI is InChI=1S/C20H22ClN3/c21-20(15-18-7-3-1-4-8-18)16-22-24-13-11-23(12-14-24)17-19-9-5-2-6-10-19/h1-10,15-16H,11-14,17H2/b20-15-,22-16+. The number of benzene rings is 2. The van der Waals surface area contributed by atoms with Crippen molar-refractivity contribution in [2.24, 2.45) is 5.10 Å². The number of hydrogen-bond acceptors (Lipinski definition) is 3. The molecule has 0 N–H and O–H groups in total.